The third kappa shape index (κ3) is 4.79. The van der Waals surface area contributed by atoms with E-state index in [1.807, 2.05) is 31.2 Å². The highest BCUT2D eigenvalue weighted by Gasteiger charge is 2.25. The highest BCUT2D eigenvalue weighted by Crippen LogP contribution is 2.31. The van der Waals surface area contributed by atoms with Crippen molar-refractivity contribution in [2.75, 3.05) is 30.8 Å². The molecule has 1 aliphatic heterocycles. The van der Waals surface area contributed by atoms with E-state index < -0.39 is 0 Å². The van der Waals surface area contributed by atoms with Crippen molar-refractivity contribution in [1.82, 2.24) is 19.9 Å². The number of H-pyrrole nitrogens is 1. The average Bonchev–Trinajstić information content (AvgIpc) is 3.26. The monoisotopic (exact) mass is 461 g/mol. The number of aromatic amines is 1. The molecule has 0 unspecified atom stereocenters. The molecule has 0 bridgehead atoms. The van der Waals surface area contributed by atoms with Crippen LogP contribution in [0.15, 0.2) is 30.5 Å². The van der Waals surface area contributed by atoms with E-state index in [2.05, 4.69) is 27.6 Å². The molecule has 0 spiro atoms. The molecule has 3 aromatic rings. The Kier molecular flexibility index (Phi) is 6.52. The van der Waals surface area contributed by atoms with Crippen LogP contribution < -0.4 is 16.4 Å². The van der Waals surface area contributed by atoms with E-state index in [9.17, 15) is 4.79 Å². The molecular formula is C26H35N7O. The van der Waals surface area contributed by atoms with Crippen LogP contribution >= 0.6 is 0 Å². The number of likely N-dealkylation sites (tertiary alicyclic amines) is 1. The first kappa shape index (κ1) is 22.8. The molecule has 0 amide bonds. The van der Waals surface area contributed by atoms with E-state index in [4.69, 9.17) is 15.7 Å². The number of hydrogen-bond donors (Lipinski definition) is 4. The van der Waals surface area contributed by atoms with Crippen LogP contribution in [0.5, 0.6) is 0 Å². The van der Waals surface area contributed by atoms with Crippen LogP contribution in [0.1, 0.15) is 60.0 Å². The van der Waals surface area contributed by atoms with Crippen molar-refractivity contribution in [2.45, 2.75) is 63.6 Å². The summed E-state index contributed by atoms with van der Waals surface area (Å²) < 4.78 is 0. The topological polar surface area (TPSA) is 112 Å². The second-order valence-electron chi connectivity index (χ2n) is 9.94. The van der Waals surface area contributed by atoms with Crippen LogP contribution in [0.3, 0.4) is 0 Å². The normalized spacial score (nSPS) is 22.1. The Labute approximate surface area is 200 Å². The van der Waals surface area contributed by atoms with Gasteiger partial charge in [0.25, 0.3) is 0 Å². The van der Waals surface area contributed by atoms with Gasteiger partial charge in [-0.1, -0.05) is 24.3 Å². The summed E-state index contributed by atoms with van der Waals surface area (Å²) in [4.78, 5) is 28.8. The number of benzene rings is 1. The van der Waals surface area contributed by atoms with Gasteiger partial charge in [0.15, 0.2) is 5.78 Å². The number of rotatable bonds is 6. The molecule has 5 rings (SSSR count). The predicted octanol–water partition coefficient (Wildman–Crippen LogP) is 3.69. The summed E-state index contributed by atoms with van der Waals surface area (Å²) in [6.45, 7) is 4.09. The minimum absolute atomic E-state index is 0.0160. The summed E-state index contributed by atoms with van der Waals surface area (Å²) in [7, 11) is 2.16. The summed E-state index contributed by atoms with van der Waals surface area (Å²) in [6.07, 6.45) is 7.87. The van der Waals surface area contributed by atoms with E-state index in [0.717, 1.165) is 68.4 Å². The summed E-state index contributed by atoms with van der Waals surface area (Å²) >= 11 is 0. The van der Waals surface area contributed by atoms with Gasteiger partial charge in [-0.3, -0.25) is 4.79 Å². The lowest BCUT2D eigenvalue weighted by atomic mass is 9.91. The highest BCUT2D eigenvalue weighted by atomic mass is 16.1. The molecule has 1 saturated carbocycles. The molecular weight excluding hydrogens is 426 g/mol. The van der Waals surface area contributed by atoms with Gasteiger partial charge in [-0.2, -0.15) is 9.97 Å². The summed E-state index contributed by atoms with van der Waals surface area (Å²) in [5.74, 6) is 1.31. The molecule has 0 radical (unpaired) electrons. The van der Waals surface area contributed by atoms with Gasteiger partial charge in [-0.05, 0) is 71.1 Å². The van der Waals surface area contributed by atoms with Crippen LogP contribution in [0.2, 0.25) is 0 Å². The molecule has 3 heterocycles. The molecule has 1 aromatic carbocycles. The number of carbonyl (C=O) groups is 1. The standard InChI is InChI=1S/C26H35N7O/c1-16-5-3-4-6-20(16)23(34)21-15-28-24-22(21)25(29-18-9-7-17(27)8-10-18)32-26(31-24)30-19-11-13-33(2)14-12-19/h3-6,15,17-19H,7-14,27H2,1-2H3,(H3,28,29,30,31,32)/t17-,18+. The maximum Gasteiger partial charge on any atom is 0.226 e. The van der Waals surface area contributed by atoms with Gasteiger partial charge in [-0.25, -0.2) is 0 Å². The number of carbonyl (C=O) groups excluding carboxylic acids is 1. The molecule has 8 heteroatoms. The first-order valence-corrected chi connectivity index (χ1v) is 12.4. The zero-order valence-corrected chi connectivity index (χ0v) is 20.1. The molecule has 1 aliphatic carbocycles. The quantitative estimate of drug-likeness (QED) is 0.414. The number of aryl methyl sites for hydroxylation is 1. The summed E-state index contributed by atoms with van der Waals surface area (Å²) in [6, 6.07) is 8.60. The SMILES string of the molecule is Cc1ccccc1C(=O)c1c[nH]c2nc(NC3CCN(C)CC3)nc(N[C@H]3CC[C@@H](N)CC3)c12. The van der Waals surface area contributed by atoms with Gasteiger partial charge in [0.1, 0.15) is 11.5 Å². The zero-order chi connectivity index (χ0) is 23.7. The van der Waals surface area contributed by atoms with Crippen LogP contribution in [0.25, 0.3) is 11.0 Å². The van der Waals surface area contributed by atoms with Gasteiger partial charge >= 0.3 is 0 Å². The van der Waals surface area contributed by atoms with Crippen molar-refractivity contribution in [3.05, 3.63) is 47.2 Å². The Hall–Kier alpha value is -2.97. The van der Waals surface area contributed by atoms with Gasteiger partial charge in [0.2, 0.25) is 5.95 Å². The minimum Gasteiger partial charge on any atom is -0.367 e. The van der Waals surface area contributed by atoms with Crippen LogP contribution in [-0.2, 0) is 0 Å². The number of nitrogens with two attached hydrogens (primary N) is 1. The maximum absolute atomic E-state index is 13.5. The fourth-order valence-corrected chi connectivity index (χ4v) is 5.15. The molecule has 2 fully saturated rings. The minimum atomic E-state index is -0.0160. The van der Waals surface area contributed by atoms with Gasteiger partial charge in [-0.15, -0.1) is 0 Å². The van der Waals surface area contributed by atoms with Gasteiger partial charge < -0.3 is 26.3 Å². The van der Waals surface area contributed by atoms with Crippen LogP contribution in [0.4, 0.5) is 11.8 Å². The van der Waals surface area contributed by atoms with E-state index in [0.29, 0.717) is 28.8 Å². The molecule has 180 valence electrons. The lowest BCUT2D eigenvalue weighted by Crippen LogP contribution is -2.37. The number of anilines is 2. The first-order chi connectivity index (χ1) is 16.5. The fourth-order valence-electron chi connectivity index (χ4n) is 5.15. The second kappa shape index (κ2) is 9.72. The summed E-state index contributed by atoms with van der Waals surface area (Å²) in [5.41, 5.74) is 9.07. The van der Waals surface area contributed by atoms with Gasteiger partial charge in [0.05, 0.1) is 10.9 Å². The molecule has 2 aliphatic rings. The third-order valence-corrected chi connectivity index (χ3v) is 7.33. The smallest absolute Gasteiger partial charge is 0.226 e. The lowest BCUT2D eigenvalue weighted by molar-refractivity contribution is 0.103. The number of aromatic nitrogens is 3. The van der Waals surface area contributed by atoms with Crippen molar-refractivity contribution in [1.29, 1.82) is 0 Å². The van der Waals surface area contributed by atoms with E-state index in [1.54, 1.807) is 6.20 Å². The zero-order valence-electron chi connectivity index (χ0n) is 20.1. The van der Waals surface area contributed by atoms with Crippen molar-refractivity contribution in [3.63, 3.8) is 0 Å². The summed E-state index contributed by atoms with van der Waals surface area (Å²) in [5, 5.41) is 7.95. The van der Waals surface area contributed by atoms with E-state index in [1.165, 1.54) is 0 Å². The van der Waals surface area contributed by atoms with Gasteiger partial charge in [0, 0.05) is 29.9 Å². The average molecular weight is 462 g/mol. The predicted molar refractivity (Wildman–Crippen MR) is 136 cm³/mol. The molecule has 1 saturated heterocycles. The molecule has 2 aromatic heterocycles. The molecule has 0 atom stereocenters. The van der Waals surface area contributed by atoms with Crippen molar-refractivity contribution >= 4 is 28.6 Å². The number of nitrogens with one attached hydrogen (secondary N) is 3. The van der Waals surface area contributed by atoms with Crippen molar-refractivity contribution in [3.8, 4) is 0 Å². The van der Waals surface area contributed by atoms with E-state index >= 15 is 0 Å². The lowest BCUT2D eigenvalue weighted by Gasteiger charge is -2.30. The Morgan fingerprint density at radius 3 is 2.44 bits per heavy atom. The van der Waals surface area contributed by atoms with Crippen LogP contribution in [0, 0.1) is 6.92 Å². The number of nitrogens with zero attached hydrogens (tertiary/aromatic N) is 3. The largest absolute Gasteiger partial charge is 0.367 e. The second-order valence-corrected chi connectivity index (χ2v) is 9.94. The number of fused-ring (bicyclic) bond motifs is 1. The van der Waals surface area contributed by atoms with E-state index in [-0.39, 0.29) is 17.9 Å². The highest BCUT2D eigenvalue weighted by molar-refractivity contribution is 6.18. The molecule has 8 nitrogen and oxygen atoms in total. The Morgan fingerprint density at radius 2 is 1.71 bits per heavy atom. The number of hydrogen-bond acceptors (Lipinski definition) is 7. The Morgan fingerprint density at radius 1 is 1.00 bits per heavy atom. The fraction of sp³-hybridized carbons (Fsp3) is 0.500. The van der Waals surface area contributed by atoms with Crippen LogP contribution in [-0.4, -0.2) is 63.9 Å². The Bertz CT molecular complexity index is 1160. The Balaban J connectivity index is 1.50. The number of ketones is 1. The first-order valence-electron chi connectivity index (χ1n) is 12.4. The molecule has 34 heavy (non-hydrogen) atoms. The number of piperidine rings is 1. The molecule has 5 N–H and O–H groups in total. The van der Waals surface area contributed by atoms with Crippen molar-refractivity contribution < 1.29 is 4.79 Å². The third-order valence-electron chi connectivity index (χ3n) is 7.33. The van der Waals surface area contributed by atoms with Crippen molar-refractivity contribution in [2.24, 2.45) is 5.73 Å². The maximum atomic E-state index is 13.5.